The highest BCUT2D eigenvalue weighted by Crippen LogP contribution is 2.55. The summed E-state index contributed by atoms with van der Waals surface area (Å²) in [6.45, 7) is 8.70. The van der Waals surface area contributed by atoms with E-state index in [4.69, 9.17) is 19.2 Å². The molecule has 0 unspecified atom stereocenters. The molecule has 5 aliphatic heterocycles. The average Bonchev–Trinajstić information content (AvgIpc) is 4.08. The number of hydrogen-bond acceptors (Lipinski definition) is 13. The van der Waals surface area contributed by atoms with Crippen molar-refractivity contribution < 1.29 is 32.3 Å². The molecule has 1 saturated carbocycles. The summed E-state index contributed by atoms with van der Waals surface area (Å²) in [5.41, 5.74) is 5.74. The first-order valence-electron chi connectivity index (χ1n) is 23.8. The van der Waals surface area contributed by atoms with E-state index in [1.165, 1.54) is 48.9 Å². The fourth-order valence-electron chi connectivity index (χ4n) is 11.9. The second-order valence-electron chi connectivity index (χ2n) is 19.7. The number of ether oxygens (including phenoxy) is 3. The number of carbonyl (C=O) groups excluding carboxylic acids is 1. The first-order chi connectivity index (χ1) is 32.4. The van der Waals surface area contributed by atoms with Gasteiger partial charge < -0.3 is 34.3 Å². The maximum atomic E-state index is 14.6. The Kier molecular flexibility index (Phi) is 11.4. The number of hydrogen-bond donors (Lipinski definition) is 3. The molecule has 67 heavy (non-hydrogen) atoms. The Bertz CT molecular complexity index is 2810. The number of carbonyl (C=O) groups is 1. The van der Waals surface area contributed by atoms with Crippen LogP contribution in [0.2, 0.25) is 0 Å². The molecule has 3 aromatic carbocycles. The van der Waals surface area contributed by atoms with Crippen molar-refractivity contribution in [1.82, 2.24) is 19.6 Å². The molecule has 4 atom stereocenters. The van der Waals surface area contributed by atoms with Gasteiger partial charge >= 0.3 is 0 Å². The lowest BCUT2D eigenvalue weighted by molar-refractivity contribution is -0.384. The van der Waals surface area contributed by atoms with Crippen molar-refractivity contribution >= 4 is 55.4 Å². The number of aryl methyl sites for hydroxylation is 1. The second kappa shape index (κ2) is 17.4. The number of rotatable bonds is 11. The van der Waals surface area contributed by atoms with E-state index >= 15 is 0 Å². The van der Waals surface area contributed by atoms with Gasteiger partial charge in [0.05, 0.1) is 40.3 Å². The summed E-state index contributed by atoms with van der Waals surface area (Å²) < 4.78 is 48.2. The zero-order chi connectivity index (χ0) is 46.0. The maximum absolute atomic E-state index is 14.6. The fourth-order valence-corrected chi connectivity index (χ4v) is 12.9. The van der Waals surface area contributed by atoms with Crippen LogP contribution in [0.4, 0.5) is 28.4 Å². The Morgan fingerprint density at radius 1 is 0.955 bits per heavy atom. The number of fused-ring (bicyclic) bond motifs is 3. The van der Waals surface area contributed by atoms with Crippen LogP contribution in [-0.2, 0) is 19.5 Å². The number of nitrogens with one attached hydrogen (secondary N) is 3. The SMILES string of the molecule is Cc1ccccc1[C@@H]1CC[C@H](C)N1C1CC2(CCN(c3ccc(C(=O)NS(=O)(=O)c4ccc(NCC5CCOCC5)c([N+](=O)[O-])c4)c(N4c5cc6cc[nH]c6nc5O[C@@H]5COC[C@H]54)c3)CC2)C1. The van der Waals surface area contributed by atoms with Crippen LogP contribution in [-0.4, -0.2) is 104 Å². The van der Waals surface area contributed by atoms with E-state index in [-0.39, 0.29) is 28.6 Å². The molecule has 17 heteroatoms. The molecular formula is C50H58N8O8S. The van der Waals surface area contributed by atoms with Gasteiger partial charge in [-0.15, -0.1) is 0 Å². The number of nitro benzene ring substituents is 1. The smallest absolute Gasteiger partial charge is 0.293 e. The zero-order valence-electron chi connectivity index (χ0n) is 38.0. The normalized spacial score (nSPS) is 24.3. The first-order valence-corrected chi connectivity index (χ1v) is 25.3. The van der Waals surface area contributed by atoms with Gasteiger partial charge in [0.2, 0.25) is 5.88 Å². The van der Waals surface area contributed by atoms with Gasteiger partial charge in [-0.25, -0.2) is 13.1 Å². The van der Waals surface area contributed by atoms with Crippen molar-refractivity contribution in [1.29, 1.82) is 0 Å². The van der Waals surface area contributed by atoms with Gasteiger partial charge in [-0.3, -0.25) is 19.8 Å². The van der Waals surface area contributed by atoms with E-state index in [0.29, 0.717) is 74.0 Å². The van der Waals surface area contributed by atoms with Crippen LogP contribution in [0, 0.1) is 28.4 Å². The third-order valence-corrected chi connectivity index (χ3v) is 17.0. The summed E-state index contributed by atoms with van der Waals surface area (Å²) >= 11 is 0. The standard InChI is InChI=1S/C50H58N8O8S/c1-31-5-3-4-6-38(31)41-12-7-32(2)56(41)36-26-50(27-36)16-19-55(20-17-50)35-8-10-39(42(24-35)57-44-23-34-13-18-51-47(34)53-49(44)66-46-30-65-29-45(46)57)48(59)54-67(62,63)37-9-11-40(43(25-37)58(60)61)52-28-33-14-21-64-22-15-33/h3-6,8-11,13,18,23-25,32-33,36,41,45-46,52H,7,12,14-17,19-22,26-30H2,1-2H3,(H,51,53)(H,54,59)/t32-,41-,45+,46+/m0/s1. The summed E-state index contributed by atoms with van der Waals surface area (Å²) in [7, 11) is -4.59. The minimum atomic E-state index is -4.59. The highest BCUT2D eigenvalue weighted by atomic mass is 32.2. The highest BCUT2D eigenvalue weighted by Gasteiger charge is 2.51. The Balaban J connectivity index is 0.873. The van der Waals surface area contributed by atoms with Crippen LogP contribution in [0.5, 0.6) is 5.88 Å². The Labute approximate surface area is 390 Å². The monoisotopic (exact) mass is 930 g/mol. The third kappa shape index (κ3) is 8.16. The quantitative estimate of drug-likeness (QED) is 0.0856. The predicted molar refractivity (Wildman–Crippen MR) is 255 cm³/mol. The molecule has 0 radical (unpaired) electrons. The molecule has 2 aromatic heterocycles. The number of benzene rings is 3. The Morgan fingerprint density at radius 3 is 2.55 bits per heavy atom. The number of pyridine rings is 1. The largest absolute Gasteiger partial charge is 0.468 e. The molecule has 5 fully saturated rings. The van der Waals surface area contributed by atoms with Gasteiger partial charge in [0.15, 0.2) is 0 Å². The molecule has 0 bridgehead atoms. The molecular weight excluding hydrogens is 873 g/mol. The van der Waals surface area contributed by atoms with Gasteiger partial charge in [0, 0.05) is 74.3 Å². The van der Waals surface area contributed by atoms with Crippen molar-refractivity contribution in [3.63, 3.8) is 0 Å². The van der Waals surface area contributed by atoms with Gasteiger partial charge in [-0.05, 0) is 130 Å². The van der Waals surface area contributed by atoms with E-state index in [1.54, 1.807) is 6.07 Å². The zero-order valence-corrected chi connectivity index (χ0v) is 38.8. The molecule has 1 amide bonds. The lowest BCUT2D eigenvalue weighted by Crippen LogP contribution is -2.56. The van der Waals surface area contributed by atoms with Crippen LogP contribution in [0.15, 0.2) is 83.9 Å². The van der Waals surface area contributed by atoms with Gasteiger partial charge in [0.25, 0.3) is 21.6 Å². The average molecular weight is 931 g/mol. The minimum Gasteiger partial charge on any atom is -0.468 e. The van der Waals surface area contributed by atoms with E-state index < -0.39 is 37.5 Å². The fraction of sp³-hybridized carbons (Fsp3) is 0.480. The van der Waals surface area contributed by atoms with E-state index in [9.17, 15) is 23.3 Å². The summed E-state index contributed by atoms with van der Waals surface area (Å²) in [6.07, 6.45) is 9.98. The molecule has 6 aliphatic rings. The van der Waals surface area contributed by atoms with E-state index in [1.807, 2.05) is 35.4 Å². The van der Waals surface area contributed by atoms with Gasteiger partial charge in [0.1, 0.15) is 23.1 Å². The number of amides is 1. The second-order valence-corrected chi connectivity index (χ2v) is 21.3. The third-order valence-electron chi connectivity index (χ3n) is 15.7. The summed E-state index contributed by atoms with van der Waals surface area (Å²) in [5.74, 6) is -0.223. The van der Waals surface area contributed by atoms with E-state index in [0.717, 1.165) is 55.9 Å². The molecule has 11 rings (SSSR count). The minimum absolute atomic E-state index is 0.113. The van der Waals surface area contributed by atoms with Crippen LogP contribution in [0.25, 0.3) is 11.0 Å². The lowest BCUT2D eigenvalue weighted by atomic mass is 9.59. The highest BCUT2D eigenvalue weighted by molar-refractivity contribution is 7.90. The molecule has 1 spiro atoms. The van der Waals surface area contributed by atoms with Crippen molar-refractivity contribution in [3.05, 3.63) is 106 Å². The number of aromatic amines is 1. The maximum Gasteiger partial charge on any atom is 0.293 e. The molecule has 352 valence electrons. The Morgan fingerprint density at radius 2 is 1.76 bits per heavy atom. The summed E-state index contributed by atoms with van der Waals surface area (Å²) in [4.78, 5) is 41.0. The summed E-state index contributed by atoms with van der Waals surface area (Å²) in [6, 6.07) is 23.2. The molecule has 7 heterocycles. The molecule has 16 nitrogen and oxygen atoms in total. The molecule has 1 aliphatic carbocycles. The number of nitrogens with zero attached hydrogens (tertiary/aromatic N) is 5. The number of piperidine rings is 1. The summed E-state index contributed by atoms with van der Waals surface area (Å²) in [5, 5.41) is 16.2. The van der Waals surface area contributed by atoms with Crippen molar-refractivity contribution in [3.8, 4) is 5.88 Å². The molecule has 3 N–H and O–H groups in total. The van der Waals surface area contributed by atoms with Crippen molar-refractivity contribution in [2.24, 2.45) is 11.3 Å². The molecule has 4 saturated heterocycles. The Hall–Kier alpha value is -5.75. The van der Waals surface area contributed by atoms with Crippen molar-refractivity contribution in [2.45, 2.75) is 100 Å². The number of likely N-dealkylation sites (tertiary alicyclic amines) is 1. The number of H-pyrrole nitrogens is 1. The first kappa shape index (κ1) is 43.8. The number of nitro groups is 1. The predicted octanol–water partition coefficient (Wildman–Crippen LogP) is 8.01. The van der Waals surface area contributed by atoms with Gasteiger partial charge in [-0.2, -0.15) is 4.98 Å². The van der Waals surface area contributed by atoms with E-state index in [2.05, 4.69) is 62.9 Å². The number of anilines is 4. The number of aromatic nitrogens is 2. The van der Waals surface area contributed by atoms with Crippen LogP contribution >= 0.6 is 0 Å². The number of sulfonamides is 1. The van der Waals surface area contributed by atoms with Gasteiger partial charge in [-0.1, -0.05) is 24.3 Å². The van der Waals surface area contributed by atoms with Crippen LogP contribution in [0.3, 0.4) is 0 Å². The lowest BCUT2D eigenvalue weighted by Gasteiger charge is -2.57. The van der Waals surface area contributed by atoms with Crippen molar-refractivity contribution in [2.75, 3.05) is 61.2 Å². The van der Waals surface area contributed by atoms with Crippen LogP contribution < -0.4 is 24.6 Å². The van der Waals surface area contributed by atoms with Crippen LogP contribution in [0.1, 0.15) is 85.8 Å². The molecule has 5 aromatic rings. The topological polar surface area (TPSA) is 184 Å².